The molecule has 2 aromatic rings. The molecular weight excluding hydrogens is 246 g/mol. The number of nitrogens with one attached hydrogen (secondary N) is 1. The quantitative estimate of drug-likeness (QED) is 0.728. The molecule has 0 spiro atoms. The van der Waals surface area contributed by atoms with Crippen LogP contribution in [0.1, 0.15) is 10.5 Å². The van der Waals surface area contributed by atoms with E-state index >= 15 is 0 Å². The Labute approximate surface area is 109 Å². The van der Waals surface area contributed by atoms with Crippen molar-refractivity contribution in [3.8, 4) is 11.5 Å². The number of nitrogens with two attached hydrogens (primary N) is 1. The van der Waals surface area contributed by atoms with Gasteiger partial charge in [0.15, 0.2) is 5.69 Å². The Bertz CT molecular complexity index is 614. The van der Waals surface area contributed by atoms with E-state index in [0.29, 0.717) is 5.75 Å². The van der Waals surface area contributed by atoms with Crippen LogP contribution in [0.2, 0.25) is 0 Å². The Morgan fingerprint density at radius 3 is 2.89 bits per heavy atom. The third kappa shape index (κ3) is 2.74. The monoisotopic (exact) mass is 259 g/mol. The van der Waals surface area contributed by atoms with Crippen molar-refractivity contribution >= 4 is 17.3 Å². The van der Waals surface area contributed by atoms with Gasteiger partial charge in [-0.2, -0.15) is 0 Å². The van der Waals surface area contributed by atoms with Crippen molar-refractivity contribution in [3.63, 3.8) is 0 Å². The van der Waals surface area contributed by atoms with Crippen LogP contribution in [-0.2, 0) is 0 Å². The fraction of sp³-hybridized carbons (Fsp3) is 0.0769. The van der Waals surface area contributed by atoms with Crippen LogP contribution in [0.5, 0.6) is 11.5 Å². The van der Waals surface area contributed by atoms with E-state index in [4.69, 9.17) is 10.5 Å². The molecule has 0 atom stereocenters. The number of amides is 1. The van der Waals surface area contributed by atoms with Crippen LogP contribution in [0.4, 0.5) is 11.4 Å². The van der Waals surface area contributed by atoms with Gasteiger partial charge in [0.2, 0.25) is 0 Å². The normalized spacial score (nSPS) is 9.95. The number of aromatic nitrogens is 1. The van der Waals surface area contributed by atoms with E-state index in [1.807, 2.05) is 0 Å². The number of benzene rings is 1. The van der Waals surface area contributed by atoms with E-state index in [-0.39, 0.29) is 22.8 Å². The second kappa shape index (κ2) is 5.26. The van der Waals surface area contributed by atoms with E-state index in [1.54, 1.807) is 18.2 Å². The first-order valence-corrected chi connectivity index (χ1v) is 5.50. The Morgan fingerprint density at radius 2 is 2.21 bits per heavy atom. The Hall–Kier alpha value is -2.76. The third-order valence-electron chi connectivity index (χ3n) is 2.51. The van der Waals surface area contributed by atoms with Gasteiger partial charge >= 0.3 is 0 Å². The molecule has 2 rings (SSSR count). The second-order valence-electron chi connectivity index (χ2n) is 3.78. The molecule has 6 heteroatoms. The molecule has 4 N–H and O–H groups in total. The lowest BCUT2D eigenvalue weighted by Crippen LogP contribution is -2.15. The number of hydrogen-bond donors (Lipinski definition) is 3. The van der Waals surface area contributed by atoms with Gasteiger partial charge in [-0.25, -0.2) is 4.98 Å². The van der Waals surface area contributed by atoms with Crippen LogP contribution in [0.15, 0.2) is 36.5 Å². The van der Waals surface area contributed by atoms with Crippen LogP contribution in [0.3, 0.4) is 0 Å². The maximum atomic E-state index is 12.0. The molecule has 0 saturated carbocycles. The van der Waals surface area contributed by atoms with Crippen LogP contribution in [0, 0.1) is 0 Å². The lowest BCUT2D eigenvalue weighted by atomic mass is 10.2. The van der Waals surface area contributed by atoms with Crippen molar-refractivity contribution in [2.24, 2.45) is 0 Å². The van der Waals surface area contributed by atoms with Gasteiger partial charge < -0.3 is 20.9 Å². The molecule has 1 heterocycles. The molecule has 0 saturated heterocycles. The van der Waals surface area contributed by atoms with Crippen LogP contribution >= 0.6 is 0 Å². The number of rotatable bonds is 3. The Morgan fingerprint density at radius 1 is 1.42 bits per heavy atom. The van der Waals surface area contributed by atoms with Gasteiger partial charge in [0.1, 0.15) is 11.5 Å². The molecule has 1 aromatic carbocycles. The number of phenolic OH excluding ortho intramolecular Hbond substituents is 1. The Kier molecular flexibility index (Phi) is 3.51. The first kappa shape index (κ1) is 12.7. The predicted octanol–water partition coefficient (Wildman–Crippen LogP) is 1.63. The van der Waals surface area contributed by atoms with Crippen molar-refractivity contribution in [2.75, 3.05) is 18.2 Å². The maximum absolute atomic E-state index is 12.0. The fourth-order valence-corrected chi connectivity index (χ4v) is 1.53. The lowest BCUT2D eigenvalue weighted by molar-refractivity contribution is 0.102. The molecule has 0 unspecified atom stereocenters. The largest absolute Gasteiger partial charge is 0.506 e. The number of phenols is 1. The van der Waals surface area contributed by atoms with Gasteiger partial charge in [-0.05, 0) is 24.3 Å². The predicted molar refractivity (Wildman–Crippen MR) is 71.3 cm³/mol. The molecule has 1 aromatic heterocycles. The summed E-state index contributed by atoms with van der Waals surface area (Å²) in [5.74, 6) is -0.0487. The number of aromatic hydroxyl groups is 1. The summed E-state index contributed by atoms with van der Waals surface area (Å²) in [6.45, 7) is 0. The molecule has 0 bridgehead atoms. The highest BCUT2D eigenvalue weighted by Crippen LogP contribution is 2.28. The number of carbonyl (C=O) groups is 1. The van der Waals surface area contributed by atoms with Crippen LogP contribution in [0.25, 0.3) is 0 Å². The lowest BCUT2D eigenvalue weighted by Gasteiger charge is -2.09. The van der Waals surface area contributed by atoms with Gasteiger partial charge in [0.05, 0.1) is 18.5 Å². The molecule has 0 radical (unpaired) electrons. The van der Waals surface area contributed by atoms with Crippen molar-refractivity contribution in [2.45, 2.75) is 0 Å². The summed E-state index contributed by atoms with van der Waals surface area (Å²) in [5.41, 5.74) is 6.26. The van der Waals surface area contributed by atoms with Crippen molar-refractivity contribution in [1.82, 2.24) is 4.98 Å². The molecule has 6 nitrogen and oxygen atoms in total. The highest BCUT2D eigenvalue weighted by molar-refractivity contribution is 6.06. The van der Waals surface area contributed by atoms with Crippen LogP contribution in [-0.4, -0.2) is 23.1 Å². The maximum Gasteiger partial charge on any atom is 0.276 e. The van der Waals surface area contributed by atoms with E-state index < -0.39 is 5.91 Å². The highest BCUT2D eigenvalue weighted by atomic mass is 16.5. The Balaban J connectivity index is 2.26. The summed E-state index contributed by atoms with van der Waals surface area (Å²) in [4.78, 5) is 15.9. The second-order valence-corrected chi connectivity index (χ2v) is 3.78. The van der Waals surface area contributed by atoms with Gasteiger partial charge in [-0.1, -0.05) is 0 Å². The topological polar surface area (TPSA) is 97.5 Å². The van der Waals surface area contributed by atoms with E-state index in [2.05, 4.69) is 10.3 Å². The van der Waals surface area contributed by atoms with Crippen molar-refractivity contribution in [1.29, 1.82) is 0 Å². The number of anilines is 2. The number of ether oxygens (including phenoxy) is 1. The molecule has 1 amide bonds. The number of carbonyl (C=O) groups excluding carboxylic acids is 1. The average Bonchev–Trinajstić information content (AvgIpc) is 2.41. The van der Waals surface area contributed by atoms with E-state index in [0.717, 1.165) is 0 Å². The number of hydrogen-bond acceptors (Lipinski definition) is 5. The summed E-state index contributed by atoms with van der Waals surface area (Å²) >= 11 is 0. The minimum absolute atomic E-state index is 0.0661. The molecule has 19 heavy (non-hydrogen) atoms. The number of methoxy groups -OCH3 is 1. The summed E-state index contributed by atoms with van der Waals surface area (Å²) < 4.78 is 5.02. The third-order valence-corrected chi connectivity index (χ3v) is 2.51. The number of nitrogen functional groups attached to an aromatic ring is 1. The summed E-state index contributed by atoms with van der Waals surface area (Å²) in [7, 11) is 1.49. The van der Waals surface area contributed by atoms with Crippen molar-refractivity contribution < 1.29 is 14.6 Å². The molecular formula is C13H13N3O3. The van der Waals surface area contributed by atoms with Gasteiger partial charge in [0, 0.05) is 12.3 Å². The zero-order chi connectivity index (χ0) is 13.8. The van der Waals surface area contributed by atoms with Crippen LogP contribution < -0.4 is 15.8 Å². The molecule has 0 aliphatic heterocycles. The SMILES string of the molecule is COc1ccc(O)c(NC(=O)c2ncccc2N)c1. The standard InChI is InChI=1S/C13H13N3O3/c1-19-8-4-5-11(17)10(7-8)16-13(18)12-9(14)3-2-6-15-12/h2-7,17H,14H2,1H3,(H,16,18). The highest BCUT2D eigenvalue weighted by Gasteiger charge is 2.13. The van der Waals surface area contributed by atoms with E-state index in [9.17, 15) is 9.90 Å². The molecule has 0 fully saturated rings. The average molecular weight is 259 g/mol. The van der Waals surface area contributed by atoms with Gasteiger partial charge in [-0.3, -0.25) is 4.79 Å². The van der Waals surface area contributed by atoms with Crippen molar-refractivity contribution in [3.05, 3.63) is 42.2 Å². The number of nitrogens with zero attached hydrogens (tertiary/aromatic N) is 1. The smallest absolute Gasteiger partial charge is 0.276 e. The summed E-state index contributed by atoms with van der Waals surface area (Å²) in [6.07, 6.45) is 1.47. The fourth-order valence-electron chi connectivity index (χ4n) is 1.53. The van der Waals surface area contributed by atoms with Gasteiger partial charge in [0.25, 0.3) is 5.91 Å². The minimum atomic E-state index is -0.498. The van der Waals surface area contributed by atoms with Gasteiger partial charge in [-0.15, -0.1) is 0 Å². The molecule has 98 valence electrons. The molecule has 0 aliphatic carbocycles. The summed E-state index contributed by atoms with van der Waals surface area (Å²) in [5, 5.41) is 12.2. The first-order chi connectivity index (χ1) is 9.11. The summed E-state index contributed by atoms with van der Waals surface area (Å²) in [6, 6.07) is 7.73. The zero-order valence-electron chi connectivity index (χ0n) is 10.3. The minimum Gasteiger partial charge on any atom is -0.506 e. The number of pyridine rings is 1. The zero-order valence-corrected chi connectivity index (χ0v) is 10.3. The first-order valence-electron chi connectivity index (χ1n) is 5.50. The molecule has 0 aliphatic rings. The van der Waals surface area contributed by atoms with E-state index in [1.165, 1.54) is 25.4 Å².